The third-order valence-corrected chi connectivity index (χ3v) is 2.09. The molecule has 0 radical (unpaired) electrons. The Labute approximate surface area is 136 Å². The van der Waals surface area contributed by atoms with Crippen LogP contribution in [-0.2, 0) is 20.8 Å². The summed E-state index contributed by atoms with van der Waals surface area (Å²) in [5, 5.41) is 10.8. The van der Waals surface area contributed by atoms with Crippen molar-refractivity contribution in [1.82, 2.24) is 0 Å². The minimum atomic E-state index is 0.167. The maximum absolute atomic E-state index is 9.44. The van der Waals surface area contributed by atoms with Crippen molar-refractivity contribution >= 4 is 17.9 Å². The average molecular weight is 312 g/mol. The zero-order valence-electron chi connectivity index (χ0n) is 13.2. The maximum Gasteiger partial charge on any atom is 0.231 e. The van der Waals surface area contributed by atoms with Gasteiger partial charge in [-0.3, -0.25) is 0 Å². The third-order valence-electron chi connectivity index (χ3n) is 2.09. The van der Waals surface area contributed by atoms with Crippen LogP contribution in [0.2, 0.25) is 0 Å². The third kappa shape index (κ3) is 18.9. The molecule has 120 valence electrons. The highest BCUT2D eigenvalue weighted by molar-refractivity contribution is 5.72. The van der Waals surface area contributed by atoms with Crippen molar-refractivity contribution in [2.24, 2.45) is 0 Å². The Kier molecular flexibility index (Phi) is 16.3. The van der Waals surface area contributed by atoms with Crippen molar-refractivity contribution in [3.05, 3.63) is 71.8 Å². The number of ketones is 1. The topological polar surface area (TPSA) is 98.9 Å². The second-order valence-corrected chi connectivity index (χ2v) is 4.26. The van der Waals surface area contributed by atoms with Gasteiger partial charge in [0.05, 0.1) is 0 Å². The fraction of sp³-hybridized carbons (Fsp3) is 0.167. The van der Waals surface area contributed by atoms with E-state index in [1.165, 1.54) is 25.0 Å². The Balaban J connectivity index is 0. The first kappa shape index (κ1) is 22.2. The lowest BCUT2D eigenvalue weighted by Gasteiger charge is -2.00. The first-order chi connectivity index (χ1) is 11.0. The highest BCUT2D eigenvalue weighted by Gasteiger charge is 1.92. The number of rotatable bonds is 2. The SMILES string of the molecule is CC(C)=O.N=C=O.N=C=O.c1ccc(Cc2ccccc2)cc1. The first-order valence-corrected chi connectivity index (χ1v) is 6.64. The molecule has 0 saturated carbocycles. The van der Waals surface area contributed by atoms with E-state index in [9.17, 15) is 4.79 Å². The number of nitrogens with one attached hydrogen (secondary N) is 2. The van der Waals surface area contributed by atoms with Crippen LogP contribution >= 0.6 is 0 Å². The quantitative estimate of drug-likeness (QED) is 0.653. The van der Waals surface area contributed by atoms with Gasteiger partial charge in [0, 0.05) is 0 Å². The van der Waals surface area contributed by atoms with E-state index in [2.05, 4.69) is 60.7 Å². The van der Waals surface area contributed by atoms with Crippen molar-refractivity contribution in [3.8, 4) is 0 Å². The molecule has 0 fully saturated rings. The Bertz CT molecular complexity index is 545. The van der Waals surface area contributed by atoms with Gasteiger partial charge in [-0.2, -0.15) is 0 Å². The maximum atomic E-state index is 9.44. The fourth-order valence-electron chi connectivity index (χ4n) is 1.43. The second-order valence-electron chi connectivity index (χ2n) is 4.26. The molecule has 5 nitrogen and oxygen atoms in total. The Morgan fingerprint density at radius 1 is 0.783 bits per heavy atom. The van der Waals surface area contributed by atoms with E-state index >= 15 is 0 Å². The van der Waals surface area contributed by atoms with Crippen LogP contribution in [0.25, 0.3) is 0 Å². The molecule has 0 spiro atoms. The number of Topliss-reactive ketones (excluding diaryl/α,β-unsaturated/α-hetero) is 1. The van der Waals surface area contributed by atoms with Crippen LogP contribution in [0.3, 0.4) is 0 Å². The van der Waals surface area contributed by atoms with E-state index in [-0.39, 0.29) is 5.78 Å². The minimum Gasteiger partial charge on any atom is -0.300 e. The van der Waals surface area contributed by atoms with Crippen LogP contribution in [0.15, 0.2) is 60.7 Å². The van der Waals surface area contributed by atoms with Crippen LogP contribution in [0.1, 0.15) is 25.0 Å². The largest absolute Gasteiger partial charge is 0.300 e. The number of hydrogen-bond donors (Lipinski definition) is 2. The highest BCUT2D eigenvalue weighted by atomic mass is 16.1. The van der Waals surface area contributed by atoms with Crippen LogP contribution in [0.4, 0.5) is 0 Å². The van der Waals surface area contributed by atoms with Gasteiger partial charge in [-0.1, -0.05) is 60.7 Å². The second kappa shape index (κ2) is 16.9. The molecule has 2 rings (SSSR count). The normalized spacial score (nSPS) is 7.39. The summed E-state index contributed by atoms with van der Waals surface area (Å²) < 4.78 is 0. The number of carbonyl (C=O) groups excluding carboxylic acids is 3. The summed E-state index contributed by atoms with van der Waals surface area (Å²) in [5.74, 6) is 0.167. The molecule has 2 N–H and O–H groups in total. The molecule has 0 saturated heterocycles. The van der Waals surface area contributed by atoms with E-state index in [0.29, 0.717) is 0 Å². The standard InChI is InChI=1S/C13H12.C3H6O.2CHNO/c1-3-7-12(8-4-1)11-13-9-5-2-6-10-13;1-3(2)4;2*2-1-3/h1-10H,11H2;1-2H3;2*2H. The minimum absolute atomic E-state index is 0.167. The lowest BCUT2D eigenvalue weighted by Crippen LogP contribution is -1.85. The Morgan fingerprint density at radius 3 is 1.22 bits per heavy atom. The summed E-state index contributed by atoms with van der Waals surface area (Å²) in [6, 6.07) is 21.1. The summed E-state index contributed by atoms with van der Waals surface area (Å²) in [6.07, 6.45) is 2.53. The van der Waals surface area contributed by atoms with Crippen molar-refractivity contribution in [3.63, 3.8) is 0 Å². The fourth-order valence-corrected chi connectivity index (χ4v) is 1.43. The van der Waals surface area contributed by atoms with Gasteiger partial charge in [0.2, 0.25) is 12.2 Å². The molecule has 0 heterocycles. The van der Waals surface area contributed by atoms with Crippen LogP contribution in [0.5, 0.6) is 0 Å². The number of carbonyl (C=O) groups is 1. The van der Waals surface area contributed by atoms with Crippen molar-refractivity contribution in [2.45, 2.75) is 20.3 Å². The van der Waals surface area contributed by atoms with Crippen LogP contribution < -0.4 is 0 Å². The molecule has 0 aliphatic rings. The predicted molar refractivity (Wildman–Crippen MR) is 88.9 cm³/mol. The average Bonchev–Trinajstić information content (AvgIpc) is 2.50. The van der Waals surface area contributed by atoms with Crippen molar-refractivity contribution < 1.29 is 14.4 Å². The van der Waals surface area contributed by atoms with Crippen LogP contribution in [-0.4, -0.2) is 17.9 Å². The summed E-state index contributed by atoms with van der Waals surface area (Å²) in [5.41, 5.74) is 2.74. The lowest BCUT2D eigenvalue weighted by molar-refractivity contribution is -0.114. The van der Waals surface area contributed by atoms with Gasteiger partial charge in [-0.05, 0) is 31.4 Å². The molecule has 2 aromatic carbocycles. The van der Waals surface area contributed by atoms with Gasteiger partial charge in [0.15, 0.2) is 0 Å². The molecule has 0 bridgehead atoms. The first-order valence-electron chi connectivity index (χ1n) is 6.64. The van der Waals surface area contributed by atoms with Crippen molar-refractivity contribution in [2.75, 3.05) is 0 Å². The molecule has 0 aromatic heterocycles. The smallest absolute Gasteiger partial charge is 0.231 e. The molecule has 0 atom stereocenters. The summed E-state index contributed by atoms with van der Waals surface area (Å²) in [7, 11) is 0. The van der Waals surface area contributed by atoms with Gasteiger partial charge in [-0.15, -0.1) is 0 Å². The molecule has 2 aromatic rings. The number of benzene rings is 2. The van der Waals surface area contributed by atoms with Gasteiger partial charge in [0.25, 0.3) is 0 Å². The van der Waals surface area contributed by atoms with E-state index in [1.807, 2.05) is 0 Å². The molecular weight excluding hydrogens is 292 g/mol. The molecular formula is C18H20N2O3. The molecule has 0 amide bonds. The van der Waals surface area contributed by atoms with E-state index in [0.717, 1.165) is 18.6 Å². The van der Waals surface area contributed by atoms with E-state index < -0.39 is 0 Å². The predicted octanol–water partition coefficient (Wildman–Crippen LogP) is 3.67. The number of hydrogen-bond acceptors (Lipinski definition) is 5. The lowest BCUT2D eigenvalue weighted by atomic mass is 10.1. The Hall–Kier alpha value is -3.13. The van der Waals surface area contributed by atoms with Crippen LogP contribution in [0, 0.1) is 10.8 Å². The molecule has 0 aliphatic heterocycles. The van der Waals surface area contributed by atoms with Gasteiger partial charge < -0.3 is 4.79 Å². The summed E-state index contributed by atoms with van der Waals surface area (Å²) in [4.78, 5) is 26.1. The molecule has 0 aliphatic carbocycles. The van der Waals surface area contributed by atoms with Crippen molar-refractivity contribution in [1.29, 1.82) is 10.8 Å². The van der Waals surface area contributed by atoms with E-state index in [1.54, 1.807) is 0 Å². The monoisotopic (exact) mass is 312 g/mol. The molecule has 5 heteroatoms. The zero-order valence-corrected chi connectivity index (χ0v) is 13.2. The Morgan fingerprint density at radius 2 is 1.00 bits per heavy atom. The van der Waals surface area contributed by atoms with E-state index in [4.69, 9.17) is 20.4 Å². The van der Waals surface area contributed by atoms with Gasteiger partial charge in [0.1, 0.15) is 5.78 Å². The molecule has 0 unspecified atom stereocenters. The summed E-state index contributed by atoms with van der Waals surface area (Å²) in [6.45, 7) is 3.06. The zero-order chi connectivity index (χ0) is 17.9. The van der Waals surface area contributed by atoms with Gasteiger partial charge in [-0.25, -0.2) is 20.4 Å². The summed E-state index contributed by atoms with van der Waals surface area (Å²) >= 11 is 0. The molecule has 23 heavy (non-hydrogen) atoms. The number of isocyanates is 2. The highest BCUT2D eigenvalue weighted by Crippen LogP contribution is 2.07. The van der Waals surface area contributed by atoms with Gasteiger partial charge >= 0.3 is 0 Å².